The van der Waals surface area contributed by atoms with Crippen LogP contribution in [0.1, 0.15) is 21.5 Å². The molecule has 0 bridgehead atoms. The van der Waals surface area contributed by atoms with Gasteiger partial charge in [-0.2, -0.15) is 0 Å². The molecule has 5 nitrogen and oxygen atoms in total. The molecule has 0 radical (unpaired) electrons. The lowest BCUT2D eigenvalue weighted by Gasteiger charge is -2.18. The van der Waals surface area contributed by atoms with Gasteiger partial charge < -0.3 is 19.1 Å². The van der Waals surface area contributed by atoms with Crippen molar-refractivity contribution in [3.8, 4) is 17.2 Å². The Morgan fingerprint density at radius 1 is 1.17 bits per heavy atom. The monoisotopic (exact) mass is 313 g/mol. The number of rotatable bonds is 4. The summed E-state index contributed by atoms with van der Waals surface area (Å²) in [6.07, 6.45) is 0. The largest absolute Gasteiger partial charge is 0.496 e. The van der Waals surface area contributed by atoms with E-state index >= 15 is 0 Å². The number of benzene rings is 2. The highest BCUT2D eigenvalue weighted by Gasteiger charge is 2.17. The molecule has 0 saturated heterocycles. The number of amides is 1. The van der Waals surface area contributed by atoms with Crippen molar-refractivity contribution in [1.82, 2.24) is 4.90 Å². The second-order valence-electron chi connectivity index (χ2n) is 5.53. The third kappa shape index (κ3) is 3.08. The maximum absolute atomic E-state index is 12.6. The zero-order valence-electron chi connectivity index (χ0n) is 13.5. The van der Waals surface area contributed by atoms with Gasteiger partial charge in [0.05, 0.1) is 7.11 Å². The van der Waals surface area contributed by atoms with Crippen LogP contribution in [0.5, 0.6) is 17.2 Å². The van der Waals surface area contributed by atoms with Crippen molar-refractivity contribution < 1.29 is 19.0 Å². The Kier molecular flexibility index (Phi) is 4.10. The Hall–Kier alpha value is -2.69. The lowest BCUT2D eigenvalue weighted by atomic mass is 10.1. The van der Waals surface area contributed by atoms with Crippen molar-refractivity contribution in [1.29, 1.82) is 0 Å². The average molecular weight is 313 g/mol. The summed E-state index contributed by atoms with van der Waals surface area (Å²) in [6, 6.07) is 11.2. The summed E-state index contributed by atoms with van der Waals surface area (Å²) in [6.45, 7) is 2.69. The second kappa shape index (κ2) is 6.20. The lowest BCUT2D eigenvalue weighted by molar-refractivity contribution is 0.0784. The topological polar surface area (TPSA) is 48.0 Å². The molecule has 3 rings (SSSR count). The van der Waals surface area contributed by atoms with Gasteiger partial charge in [0.15, 0.2) is 11.5 Å². The van der Waals surface area contributed by atoms with Crippen LogP contribution < -0.4 is 14.2 Å². The zero-order chi connectivity index (χ0) is 16.4. The van der Waals surface area contributed by atoms with E-state index in [2.05, 4.69) is 0 Å². The van der Waals surface area contributed by atoms with Gasteiger partial charge in [-0.15, -0.1) is 0 Å². The molecular weight excluding hydrogens is 294 g/mol. The summed E-state index contributed by atoms with van der Waals surface area (Å²) < 4.78 is 15.9. The number of carbonyl (C=O) groups is 1. The summed E-state index contributed by atoms with van der Waals surface area (Å²) in [7, 11) is 3.38. The molecule has 0 spiro atoms. The predicted molar refractivity (Wildman–Crippen MR) is 86.1 cm³/mol. The fourth-order valence-electron chi connectivity index (χ4n) is 2.56. The summed E-state index contributed by atoms with van der Waals surface area (Å²) in [5.74, 6) is 2.12. The Morgan fingerprint density at radius 2 is 1.96 bits per heavy atom. The number of hydrogen-bond acceptors (Lipinski definition) is 4. The fourth-order valence-corrected chi connectivity index (χ4v) is 2.56. The number of ether oxygens (including phenoxy) is 3. The highest BCUT2D eigenvalue weighted by atomic mass is 16.7. The van der Waals surface area contributed by atoms with Crippen LogP contribution in [0.15, 0.2) is 36.4 Å². The molecule has 1 aliphatic rings. The van der Waals surface area contributed by atoms with E-state index in [0.717, 1.165) is 22.6 Å². The van der Waals surface area contributed by atoms with Gasteiger partial charge in [-0.05, 0) is 42.3 Å². The van der Waals surface area contributed by atoms with Crippen molar-refractivity contribution in [3.05, 3.63) is 53.1 Å². The molecule has 2 aromatic rings. The van der Waals surface area contributed by atoms with Gasteiger partial charge in [0.1, 0.15) is 5.75 Å². The smallest absolute Gasteiger partial charge is 0.254 e. The third-order valence-electron chi connectivity index (χ3n) is 3.86. The molecule has 0 unspecified atom stereocenters. The Labute approximate surface area is 135 Å². The van der Waals surface area contributed by atoms with Crippen LogP contribution in [0.4, 0.5) is 0 Å². The maximum Gasteiger partial charge on any atom is 0.254 e. The third-order valence-corrected chi connectivity index (χ3v) is 3.86. The molecule has 1 heterocycles. The number of hydrogen-bond donors (Lipinski definition) is 0. The van der Waals surface area contributed by atoms with E-state index < -0.39 is 0 Å². The van der Waals surface area contributed by atoms with Crippen molar-refractivity contribution >= 4 is 5.91 Å². The molecule has 0 aliphatic carbocycles. The number of nitrogens with zero attached hydrogens (tertiary/aromatic N) is 1. The van der Waals surface area contributed by atoms with E-state index in [0.29, 0.717) is 17.9 Å². The van der Waals surface area contributed by atoms with Gasteiger partial charge in [-0.3, -0.25) is 4.79 Å². The van der Waals surface area contributed by atoms with E-state index in [-0.39, 0.29) is 12.7 Å². The van der Waals surface area contributed by atoms with E-state index in [1.54, 1.807) is 25.1 Å². The highest BCUT2D eigenvalue weighted by molar-refractivity contribution is 5.94. The van der Waals surface area contributed by atoms with Gasteiger partial charge in [0.2, 0.25) is 6.79 Å². The zero-order valence-corrected chi connectivity index (χ0v) is 13.5. The van der Waals surface area contributed by atoms with Gasteiger partial charge in [0, 0.05) is 19.2 Å². The van der Waals surface area contributed by atoms with Crippen LogP contribution in [-0.2, 0) is 6.54 Å². The molecule has 1 amide bonds. The van der Waals surface area contributed by atoms with Crippen molar-refractivity contribution in [3.63, 3.8) is 0 Å². The number of aryl methyl sites for hydroxylation is 1. The lowest BCUT2D eigenvalue weighted by Crippen LogP contribution is -2.26. The number of fused-ring (bicyclic) bond motifs is 1. The molecule has 5 heteroatoms. The minimum absolute atomic E-state index is 0.0547. The summed E-state index contributed by atoms with van der Waals surface area (Å²) in [5, 5.41) is 0. The minimum atomic E-state index is -0.0547. The summed E-state index contributed by atoms with van der Waals surface area (Å²) in [4.78, 5) is 14.2. The van der Waals surface area contributed by atoms with Crippen LogP contribution in [0.25, 0.3) is 0 Å². The molecular formula is C18H19NO4. The second-order valence-corrected chi connectivity index (χ2v) is 5.53. The molecule has 0 aromatic heterocycles. The van der Waals surface area contributed by atoms with Gasteiger partial charge in [-0.1, -0.05) is 12.1 Å². The number of methoxy groups -OCH3 is 1. The standard InChI is InChI=1S/C18H19NO4/c1-12-4-6-14(9-16(12)21-3)18(20)19(2)10-13-5-7-15-17(8-13)23-11-22-15/h4-9H,10-11H2,1-3H3. The first-order chi connectivity index (χ1) is 11.1. The normalized spacial score (nSPS) is 12.1. The van der Waals surface area contributed by atoms with Crippen LogP contribution in [0, 0.1) is 6.92 Å². The Balaban J connectivity index is 1.75. The molecule has 23 heavy (non-hydrogen) atoms. The van der Waals surface area contributed by atoms with Crippen molar-refractivity contribution in [2.75, 3.05) is 21.0 Å². The van der Waals surface area contributed by atoms with Crippen LogP contribution in [0.2, 0.25) is 0 Å². The predicted octanol–water partition coefficient (Wildman–Crippen LogP) is 3.00. The molecule has 2 aromatic carbocycles. The van der Waals surface area contributed by atoms with Crippen molar-refractivity contribution in [2.24, 2.45) is 0 Å². The van der Waals surface area contributed by atoms with E-state index in [1.165, 1.54) is 0 Å². The SMILES string of the molecule is COc1cc(C(=O)N(C)Cc2ccc3c(c2)OCO3)ccc1C. The molecule has 0 fully saturated rings. The van der Waals surface area contributed by atoms with E-state index in [9.17, 15) is 4.79 Å². The Morgan fingerprint density at radius 3 is 2.74 bits per heavy atom. The van der Waals surface area contributed by atoms with Gasteiger partial charge >= 0.3 is 0 Å². The van der Waals surface area contributed by atoms with Crippen LogP contribution in [-0.4, -0.2) is 31.8 Å². The first-order valence-electron chi connectivity index (χ1n) is 7.37. The first kappa shape index (κ1) is 15.2. The Bertz CT molecular complexity index is 742. The molecule has 1 aliphatic heterocycles. The van der Waals surface area contributed by atoms with Crippen LogP contribution >= 0.6 is 0 Å². The average Bonchev–Trinajstić information content (AvgIpc) is 3.02. The minimum Gasteiger partial charge on any atom is -0.496 e. The molecule has 0 N–H and O–H groups in total. The maximum atomic E-state index is 12.6. The van der Waals surface area contributed by atoms with Gasteiger partial charge in [-0.25, -0.2) is 0 Å². The quantitative estimate of drug-likeness (QED) is 0.870. The van der Waals surface area contributed by atoms with Crippen molar-refractivity contribution in [2.45, 2.75) is 13.5 Å². The molecule has 0 saturated carbocycles. The van der Waals surface area contributed by atoms with E-state index in [1.807, 2.05) is 37.3 Å². The highest BCUT2D eigenvalue weighted by Crippen LogP contribution is 2.32. The summed E-state index contributed by atoms with van der Waals surface area (Å²) in [5.41, 5.74) is 2.60. The fraction of sp³-hybridized carbons (Fsp3) is 0.278. The molecule has 0 atom stereocenters. The summed E-state index contributed by atoms with van der Waals surface area (Å²) >= 11 is 0. The van der Waals surface area contributed by atoms with Gasteiger partial charge in [0.25, 0.3) is 5.91 Å². The van der Waals surface area contributed by atoms with E-state index in [4.69, 9.17) is 14.2 Å². The molecule has 120 valence electrons. The number of carbonyl (C=O) groups excluding carboxylic acids is 1. The first-order valence-corrected chi connectivity index (χ1v) is 7.37. The van der Waals surface area contributed by atoms with Crippen LogP contribution in [0.3, 0.4) is 0 Å².